The second-order valence-corrected chi connectivity index (χ2v) is 5.21. The number of methoxy groups -OCH3 is 1. The first-order valence-electron chi connectivity index (χ1n) is 5.46. The van der Waals surface area contributed by atoms with Crippen LogP contribution in [0, 0.1) is 0 Å². The fraction of sp³-hybridized carbons (Fsp3) is 0.143. The highest BCUT2D eigenvalue weighted by Crippen LogP contribution is 2.30. The summed E-state index contributed by atoms with van der Waals surface area (Å²) in [5.41, 5.74) is 8.20. The van der Waals surface area contributed by atoms with Crippen molar-refractivity contribution in [2.75, 3.05) is 7.11 Å². The molecule has 94 valence electrons. The summed E-state index contributed by atoms with van der Waals surface area (Å²) < 4.78 is 6.17. The fourth-order valence-electron chi connectivity index (χ4n) is 1.77. The van der Waals surface area contributed by atoms with Gasteiger partial charge in [0.05, 0.1) is 13.2 Å². The van der Waals surface area contributed by atoms with Crippen LogP contribution < -0.4 is 10.5 Å². The average Bonchev–Trinajstić information content (AvgIpc) is 2.38. The zero-order chi connectivity index (χ0) is 13.1. The summed E-state index contributed by atoms with van der Waals surface area (Å²) >= 11 is 9.49. The predicted octanol–water partition coefficient (Wildman–Crippen LogP) is 4.16. The normalized spacial score (nSPS) is 12.2. The molecule has 0 radical (unpaired) electrons. The van der Waals surface area contributed by atoms with Gasteiger partial charge in [0.1, 0.15) is 5.75 Å². The molecule has 0 amide bonds. The highest BCUT2D eigenvalue weighted by Gasteiger charge is 2.13. The Morgan fingerprint density at radius 3 is 2.67 bits per heavy atom. The Labute approximate surface area is 120 Å². The standard InChI is InChI=1S/C14H13BrClNO/c1-18-11-5-6-13(15)12(8-11)14(17)9-3-2-4-10(16)7-9/h2-8,14H,17H2,1H3. The van der Waals surface area contributed by atoms with E-state index in [4.69, 9.17) is 22.1 Å². The van der Waals surface area contributed by atoms with E-state index in [0.29, 0.717) is 5.02 Å². The predicted molar refractivity (Wildman–Crippen MR) is 78.2 cm³/mol. The van der Waals surface area contributed by atoms with Crippen molar-refractivity contribution in [3.05, 3.63) is 63.1 Å². The molecule has 2 aromatic rings. The zero-order valence-corrected chi connectivity index (χ0v) is 12.2. The van der Waals surface area contributed by atoms with Crippen LogP contribution in [0.25, 0.3) is 0 Å². The highest BCUT2D eigenvalue weighted by molar-refractivity contribution is 9.10. The lowest BCUT2D eigenvalue weighted by Crippen LogP contribution is -2.12. The molecule has 0 saturated heterocycles. The van der Waals surface area contributed by atoms with E-state index in [1.165, 1.54) is 0 Å². The Bertz CT molecular complexity index is 559. The minimum Gasteiger partial charge on any atom is -0.497 e. The molecule has 0 fully saturated rings. The average molecular weight is 327 g/mol. The Hall–Kier alpha value is -1.03. The number of rotatable bonds is 3. The van der Waals surface area contributed by atoms with Crippen LogP contribution in [0.3, 0.4) is 0 Å². The molecule has 2 aromatic carbocycles. The molecule has 0 saturated carbocycles. The quantitative estimate of drug-likeness (QED) is 0.919. The van der Waals surface area contributed by atoms with E-state index >= 15 is 0 Å². The van der Waals surface area contributed by atoms with Crippen molar-refractivity contribution < 1.29 is 4.74 Å². The SMILES string of the molecule is COc1ccc(Br)c(C(N)c2cccc(Cl)c2)c1. The van der Waals surface area contributed by atoms with E-state index in [9.17, 15) is 0 Å². The van der Waals surface area contributed by atoms with Crippen LogP contribution in [0.15, 0.2) is 46.9 Å². The summed E-state index contributed by atoms with van der Waals surface area (Å²) in [6.07, 6.45) is 0. The van der Waals surface area contributed by atoms with E-state index in [2.05, 4.69) is 15.9 Å². The topological polar surface area (TPSA) is 35.2 Å². The van der Waals surface area contributed by atoms with E-state index < -0.39 is 0 Å². The first kappa shape index (κ1) is 13.4. The lowest BCUT2D eigenvalue weighted by molar-refractivity contribution is 0.414. The zero-order valence-electron chi connectivity index (χ0n) is 9.86. The molecule has 1 unspecified atom stereocenters. The molecule has 0 heterocycles. The van der Waals surface area contributed by atoms with Crippen molar-refractivity contribution in [2.24, 2.45) is 5.73 Å². The number of nitrogens with two attached hydrogens (primary N) is 1. The molecule has 0 aliphatic carbocycles. The van der Waals surface area contributed by atoms with E-state index in [1.807, 2.05) is 42.5 Å². The second-order valence-electron chi connectivity index (χ2n) is 3.92. The number of halogens is 2. The molecule has 1 atom stereocenters. The van der Waals surface area contributed by atoms with Gasteiger partial charge >= 0.3 is 0 Å². The van der Waals surface area contributed by atoms with Gasteiger partial charge in [-0.15, -0.1) is 0 Å². The molecule has 0 aliphatic heterocycles. The Balaban J connectivity index is 2.41. The molecule has 2 N–H and O–H groups in total. The Morgan fingerprint density at radius 2 is 2.00 bits per heavy atom. The highest BCUT2D eigenvalue weighted by atomic mass is 79.9. The van der Waals surface area contributed by atoms with Crippen molar-refractivity contribution in [2.45, 2.75) is 6.04 Å². The molecule has 0 aliphatic rings. The minimum atomic E-state index is -0.242. The molecule has 2 rings (SSSR count). The van der Waals surface area contributed by atoms with Gasteiger partial charge in [-0.25, -0.2) is 0 Å². The van der Waals surface area contributed by atoms with E-state index in [-0.39, 0.29) is 6.04 Å². The Kier molecular flexibility index (Phi) is 4.27. The van der Waals surface area contributed by atoms with Crippen molar-refractivity contribution >= 4 is 27.5 Å². The number of hydrogen-bond donors (Lipinski definition) is 1. The van der Waals surface area contributed by atoms with Crippen LogP contribution >= 0.6 is 27.5 Å². The summed E-state index contributed by atoms with van der Waals surface area (Å²) in [6.45, 7) is 0. The lowest BCUT2D eigenvalue weighted by atomic mass is 9.99. The van der Waals surface area contributed by atoms with Gasteiger partial charge in [-0.2, -0.15) is 0 Å². The fourth-order valence-corrected chi connectivity index (χ4v) is 2.46. The monoisotopic (exact) mass is 325 g/mol. The van der Waals surface area contributed by atoms with Gasteiger partial charge in [-0.3, -0.25) is 0 Å². The number of benzene rings is 2. The van der Waals surface area contributed by atoms with Gasteiger partial charge in [-0.05, 0) is 41.5 Å². The molecular weight excluding hydrogens is 314 g/mol. The van der Waals surface area contributed by atoms with Gasteiger partial charge < -0.3 is 10.5 Å². The van der Waals surface area contributed by atoms with Gasteiger partial charge in [0.15, 0.2) is 0 Å². The smallest absolute Gasteiger partial charge is 0.119 e. The van der Waals surface area contributed by atoms with Crippen LogP contribution in [-0.4, -0.2) is 7.11 Å². The van der Waals surface area contributed by atoms with Gasteiger partial charge in [0, 0.05) is 9.50 Å². The Morgan fingerprint density at radius 1 is 1.22 bits per heavy atom. The second kappa shape index (κ2) is 5.74. The molecule has 0 aromatic heterocycles. The molecule has 0 spiro atoms. The first-order chi connectivity index (χ1) is 8.61. The van der Waals surface area contributed by atoms with Crippen LogP contribution in [0.1, 0.15) is 17.2 Å². The van der Waals surface area contributed by atoms with Crippen LogP contribution in [0.4, 0.5) is 0 Å². The summed E-state index contributed by atoms with van der Waals surface area (Å²) in [5.74, 6) is 0.783. The first-order valence-corrected chi connectivity index (χ1v) is 6.63. The lowest BCUT2D eigenvalue weighted by Gasteiger charge is -2.15. The number of hydrogen-bond acceptors (Lipinski definition) is 2. The van der Waals surface area contributed by atoms with Gasteiger partial charge in [-0.1, -0.05) is 39.7 Å². The minimum absolute atomic E-state index is 0.242. The van der Waals surface area contributed by atoms with E-state index in [1.54, 1.807) is 7.11 Å². The van der Waals surface area contributed by atoms with Crippen LogP contribution in [0.2, 0.25) is 5.02 Å². The molecular formula is C14H13BrClNO. The van der Waals surface area contributed by atoms with Gasteiger partial charge in [0.25, 0.3) is 0 Å². The summed E-state index contributed by atoms with van der Waals surface area (Å²) in [5, 5.41) is 0.682. The van der Waals surface area contributed by atoms with Crippen molar-refractivity contribution in [3.8, 4) is 5.75 Å². The third kappa shape index (κ3) is 2.86. The van der Waals surface area contributed by atoms with Gasteiger partial charge in [0.2, 0.25) is 0 Å². The van der Waals surface area contributed by atoms with Crippen molar-refractivity contribution in [3.63, 3.8) is 0 Å². The van der Waals surface area contributed by atoms with Crippen molar-refractivity contribution in [1.29, 1.82) is 0 Å². The maximum atomic E-state index is 6.27. The number of ether oxygens (including phenoxy) is 1. The third-order valence-corrected chi connectivity index (χ3v) is 3.70. The largest absolute Gasteiger partial charge is 0.497 e. The maximum Gasteiger partial charge on any atom is 0.119 e. The summed E-state index contributed by atoms with van der Waals surface area (Å²) in [4.78, 5) is 0. The van der Waals surface area contributed by atoms with Crippen molar-refractivity contribution in [1.82, 2.24) is 0 Å². The third-order valence-electron chi connectivity index (χ3n) is 2.75. The van der Waals surface area contributed by atoms with Crippen LogP contribution in [0.5, 0.6) is 5.75 Å². The summed E-state index contributed by atoms with van der Waals surface area (Å²) in [7, 11) is 1.64. The molecule has 4 heteroatoms. The maximum absolute atomic E-state index is 6.27. The van der Waals surface area contributed by atoms with Crippen LogP contribution in [-0.2, 0) is 0 Å². The van der Waals surface area contributed by atoms with E-state index in [0.717, 1.165) is 21.3 Å². The summed E-state index contributed by atoms with van der Waals surface area (Å²) in [6, 6.07) is 13.1. The molecule has 18 heavy (non-hydrogen) atoms. The molecule has 0 bridgehead atoms. The molecule has 2 nitrogen and oxygen atoms in total.